The molecule has 1 aromatic carbocycles. The predicted octanol–water partition coefficient (Wildman–Crippen LogP) is 1.98. The highest BCUT2D eigenvalue weighted by Gasteiger charge is 2.39. The molecule has 0 unspecified atom stereocenters. The molecule has 0 saturated carbocycles. The fraction of sp³-hybridized carbons (Fsp3) is 0.480. The Hall–Kier alpha value is -2.99. The maximum atomic E-state index is 13.0. The van der Waals surface area contributed by atoms with Gasteiger partial charge in [-0.25, -0.2) is 4.98 Å². The van der Waals surface area contributed by atoms with Crippen LogP contribution in [0.1, 0.15) is 50.0 Å². The fourth-order valence-corrected chi connectivity index (χ4v) is 4.87. The minimum atomic E-state index is -1.88. The molecule has 0 radical (unpaired) electrons. The van der Waals surface area contributed by atoms with Crippen molar-refractivity contribution in [2.75, 3.05) is 37.3 Å². The van der Waals surface area contributed by atoms with Crippen LogP contribution in [0, 0.1) is 0 Å². The lowest BCUT2D eigenvalue weighted by molar-refractivity contribution is -0.154. The second-order valence-corrected chi connectivity index (χ2v) is 9.50. The Morgan fingerprint density at radius 2 is 2.00 bits per heavy atom. The van der Waals surface area contributed by atoms with Crippen molar-refractivity contribution in [2.45, 2.75) is 51.0 Å². The number of amides is 2. The minimum absolute atomic E-state index is 0.287. The van der Waals surface area contributed by atoms with Crippen molar-refractivity contribution in [3.05, 3.63) is 53.2 Å². The molecule has 10 nitrogen and oxygen atoms in total. The molecule has 0 bridgehead atoms. The topological polar surface area (TPSA) is 139 Å². The summed E-state index contributed by atoms with van der Waals surface area (Å²) in [6, 6.07) is 6.76. The number of likely N-dealkylation sites (N-methyl/N-ethyl adjacent to an activating group) is 1. The fourth-order valence-electron chi connectivity index (χ4n) is 4.04. The van der Waals surface area contributed by atoms with E-state index in [-0.39, 0.29) is 6.04 Å². The summed E-state index contributed by atoms with van der Waals surface area (Å²) in [4.78, 5) is 31.7. The SMILES string of the molecule is CCNc1nc([C@H]2CCCN2C(=O)[C@H](O)[C@@H](O)C(=O)N[C@H](C)c2ccc(N/C=C\CNC)cc2)cs1. The number of carbonyl (C=O) groups excluding carboxylic acids is 2. The number of aliphatic hydroxyl groups is 2. The normalized spacial score (nSPS) is 18.1. The van der Waals surface area contributed by atoms with E-state index >= 15 is 0 Å². The van der Waals surface area contributed by atoms with Gasteiger partial charge in [-0.05, 0) is 57.6 Å². The average molecular weight is 517 g/mol. The van der Waals surface area contributed by atoms with Crippen molar-refractivity contribution in [3.63, 3.8) is 0 Å². The molecule has 196 valence electrons. The zero-order valence-electron chi connectivity index (χ0n) is 20.9. The number of thiazole rings is 1. The molecule has 1 fully saturated rings. The molecule has 2 amide bonds. The van der Waals surface area contributed by atoms with E-state index in [1.54, 1.807) is 6.92 Å². The van der Waals surface area contributed by atoms with E-state index in [1.807, 2.05) is 55.9 Å². The Bertz CT molecular complexity index is 1030. The Morgan fingerprint density at radius 3 is 2.69 bits per heavy atom. The van der Waals surface area contributed by atoms with Crippen LogP contribution in [0.25, 0.3) is 0 Å². The summed E-state index contributed by atoms with van der Waals surface area (Å²) in [7, 11) is 1.87. The Kier molecular flexibility index (Phi) is 10.2. The molecule has 36 heavy (non-hydrogen) atoms. The lowest BCUT2D eigenvalue weighted by Crippen LogP contribution is -2.51. The highest BCUT2D eigenvalue weighted by Crippen LogP contribution is 2.34. The lowest BCUT2D eigenvalue weighted by Gasteiger charge is -2.28. The van der Waals surface area contributed by atoms with Crippen LogP contribution < -0.4 is 21.3 Å². The summed E-state index contributed by atoms with van der Waals surface area (Å²) in [5, 5.41) is 35.7. The molecule has 0 aliphatic carbocycles. The lowest BCUT2D eigenvalue weighted by atomic mass is 10.1. The number of likely N-dealkylation sites (tertiary alicyclic amines) is 1. The van der Waals surface area contributed by atoms with E-state index in [1.165, 1.54) is 16.2 Å². The largest absolute Gasteiger partial charge is 0.380 e. The molecule has 1 aromatic heterocycles. The van der Waals surface area contributed by atoms with Crippen LogP contribution in [-0.2, 0) is 9.59 Å². The van der Waals surface area contributed by atoms with Crippen LogP contribution in [0.2, 0.25) is 0 Å². The number of rotatable bonds is 12. The zero-order valence-corrected chi connectivity index (χ0v) is 21.7. The third kappa shape index (κ3) is 7.03. The van der Waals surface area contributed by atoms with Crippen molar-refractivity contribution in [1.82, 2.24) is 20.5 Å². The van der Waals surface area contributed by atoms with Gasteiger partial charge in [-0.15, -0.1) is 11.3 Å². The number of nitrogens with one attached hydrogen (secondary N) is 4. The standard InChI is InChI=1S/C25H36N6O4S/c1-4-27-25-30-19(15-36-25)20-7-5-14-31(20)24(35)22(33)21(32)23(34)29-16(2)17-8-10-18(11-9-17)28-13-6-12-26-3/h6,8-11,13,15-16,20-22,26,28,32-33H,4-5,7,12,14H2,1-3H3,(H,27,30)(H,29,34)/b13-6-/t16-,20-,21-,22-/m1/s1. The van der Waals surface area contributed by atoms with E-state index in [2.05, 4.69) is 26.3 Å². The first-order valence-corrected chi connectivity index (χ1v) is 13.1. The molecule has 1 saturated heterocycles. The smallest absolute Gasteiger partial charge is 0.255 e. The molecule has 1 aliphatic heterocycles. The van der Waals surface area contributed by atoms with E-state index in [0.29, 0.717) is 13.0 Å². The molecule has 0 spiro atoms. The van der Waals surface area contributed by atoms with Gasteiger partial charge in [-0.1, -0.05) is 18.2 Å². The monoisotopic (exact) mass is 516 g/mol. The van der Waals surface area contributed by atoms with E-state index < -0.39 is 30.1 Å². The van der Waals surface area contributed by atoms with Gasteiger partial charge in [-0.3, -0.25) is 9.59 Å². The van der Waals surface area contributed by atoms with Gasteiger partial charge in [-0.2, -0.15) is 0 Å². The predicted molar refractivity (Wildman–Crippen MR) is 142 cm³/mol. The van der Waals surface area contributed by atoms with E-state index in [4.69, 9.17) is 0 Å². The first-order chi connectivity index (χ1) is 17.3. The number of carbonyl (C=O) groups is 2. The van der Waals surface area contributed by atoms with Gasteiger partial charge in [0.1, 0.15) is 0 Å². The summed E-state index contributed by atoms with van der Waals surface area (Å²) in [5.74, 6) is -1.48. The second-order valence-electron chi connectivity index (χ2n) is 8.64. The minimum Gasteiger partial charge on any atom is -0.380 e. The number of hydrogen-bond donors (Lipinski definition) is 6. The summed E-state index contributed by atoms with van der Waals surface area (Å²) >= 11 is 1.46. The van der Waals surface area contributed by atoms with Gasteiger partial charge in [0.25, 0.3) is 11.8 Å². The van der Waals surface area contributed by atoms with Crippen LogP contribution in [0.3, 0.4) is 0 Å². The Morgan fingerprint density at radius 1 is 1.25 bits per heavy atom. The van der Waals surface area contributed by atoms with Crippen molar-refractivity contribution < 1.29 is 19.8 Å². The first kappa shape index (κ1) is 27.6. The van der Waals surface area contributed by atoms with Gasteiger partial charge in [0.15, 0.2) is 17.3 Å². The number of anilines is 2. The highest BCUT2D eigenvalue weighted by atomic mass is 32.1. The molecule has 11 heteroatoms. The van der Waals surface area contributed by atoms with Crippen LogP contribution in [0.15, 0.2) is 41.9 Å². The Balaban J connectivity index is 1.56. The first-order valence-electron chi connectivity index (χ1n) is 12.2. The van der Waals surface area contributed by atoms with Crippen molar-refractivity contribution >= 4 is 34.0 Å². The quantitative estimate of drug-likeness (QED) is 0.252. The third-order valence-electron chi connectivity index (χ3n) is 6.01. The highest BCUT2D eigenvalue weighted by molar-refractivity contribution is 7.13. The molecule has 6 N–H and O–H groups in total. The van der Waals surface area contributed by atoms with Crippen LogP contribution >= 0.6 is 11.3 Å². The Labute approximate surface area is 215 Å². The number of aromatic nitrogens is 1. The van der Waals surface area contributed by atoms with Crippen molar-refractivity contribution in [1.29, 1.82) is 0 Å². The molecular formula is C25H36N6O4S. The summed E-state index contributed by atoms with van der Waals surface area (Å²) in [5.41, 5.74) is 2.46. The van der Waals surface area contributed by atoms with Crippen molar-refractivity contribution in [3.8, 4) is 0 Å². The van der Waals surface area contributed by atoms with Gasteiger partial charge in [0.05, 0.1) is 17.8 Å². The zero-order chi connectivity index (χ0) is 26.1. The summed E-state index contributed by atoms with van der Waals surface area (Å²) in [6.07, 6.45) is 1.52. The van der Waals surface area contributed by atoms with E-state index in [9.17, 15) is 19.8 Å². The summed E-state index contributed by atoms with van der Waals surface area (Å²) < 4.78 is 0. The van der Waals surface area contributed by atoms with Crippen LogP contribution in [0.4, 0.5) is 10.8 Å². The molecule has 1 aliphatic rings. The molecular weight excluding hydrogens is 480 g/mol. The van der Waals surface area contributed by atoms with E-state index in [0.717, 1.165) is 41.6 Å². The molecule has 2 aromatic rings. The molecule has 4 atom stereocenters. The molecule has 3 rings (SSSR count). The number of benzene rings is 1. The third-order valence-corrected chi connectivity index (χ3v) is 6.83. The molecule has 2 heterocycles. The van der Waals surface area contributed by atoms with Crippen molar-refractivity contribution in [2.24, 2.45) is 0 Å². The average Bonchev–Trinajstić information content (AvgIpc) is 3.55. The maximum absolute atomic E-state index is 13.0. The number of nitrogens with zero attached hydrogens (tertiary/aromatic N) is 2. The van der Waals surface area contributed by atoms with Gasteiger partial charge in [0.2, 0.25) is 0 Å². The number of aliphatic hydroxyl groups excluding tert-OH is 2. The van der Waals surface area contributed by atoms with Gasteiger partial charge in [0, 0.05) is 30.7 Å². The van der Waals surface area contributed by atoms with Crippen LogP contribution in [-0.4, -0.2) is 70.8 Å². The second kappa shape index (κ2) is 13.4. The summed E-state index contributed by atoms with van der Waals surface area (Å²) in [6.45, 7) is 5.69. The maximum Gasteiger partial charge on any atom is 0.255 e. The van der Waals surface area contributed by atoms with Gasteiger partial charge >= 0.3 is 0 Å². The number of hydrogen-bond acceptors (Lipinski definition) is 9. The van der Waals surface area contributed by atoms with Crippen LogP contribution in [0.5, 0.6) is 0 Å². The van der Waals surface area contributed by atoms with Gasteiger partial charge < -0.3 is 36.4 Å².